The highest BCUT2D eigenvalue weighted by Gasteiger charge is 2.10. The zero-order valence-electron chi connectivity index (χ0n) is 10.2. The summed E-state index contributed by atoms with van der Waals surface area (Å²) in [6, 6.07) is 0. The van der Waals surface area contributed by atoms with Crippen molar-refractivity contribution in [3.8, 4) is 0 Å². The molecule has 0 saturated carbocycles. The smallest absolute Gasteiger partial charge is 0.156 e. The first-order valence-corrected chi connectivity index (χ1v) is 5.63. The van der Waals surface area contributed by atoms with Crippen LogP contribution in [0.4, 0.5) is 11.5 Å². The summed E-state index contributed by atoms with van der Waals surface area (Å²) in [7, 11) is 1.88. The monoisotopic (exact) mass is 251 g/mol. The molecule has 2 aromatic heterocycles. The van der Waals surface area contributed by atoms with Crippen LogP contribution in [0.3, 0.4) is 0 Å². The van der Waals surface area contributed by atoms with Crippen molar-refractivity contribution in [1.29, 1.82) is 0 Å². The van der Waals surface area contributed by atoms with Crippen LogP contribution in [-0.4, -0.2) is 20.0 Å². The molecule has 1 N–H and O–H groups in total. The van der Waals surface area contributed by atoms with Crippen LogP contribution in [0, 0.1) is 20.8 Å². The Morgan fingerprint density at radius 3 is 2.47 bits per heavy atom. The minimum absolute atomic E-state index is 0.441. The number of nitrogens with zero attached hydrogens (tertiary/aromatic N) is 4. The van der Waals surface area contributed by atoms with Gasteiger partial charge in [-0.2, -0.15) is 5.10 Å². The first-order valence-electron chi connectivity index (χ1n) is 5.25. The SMILES string of the molecule is Cc1nn(C)cc1Nc1nnc(Cl)c(C)c1C. The van der Waals surface area contributed by atoms with Gasteiger partial charge in [0.15, 0.2) is 11.0 Å². The number of aryl methyl sites for hydroxylation is 2. The van der Waals surface area contributed by atoms with Crippen molar-refractivity contribution in [3.63, 3.8) is 0 Å². The first-order chi connectivity index (χ1) is 7.99. The van der Waals surface area contributed by atoms with E-state index in [1.54, 1.807) is 4.68 Å². The Bertz CT molecular complexity index is 561. The Hall–Kier alpha value is -1.62. The van der Waals surface area contributed by atoms with Gasteiger partial charge in [0.05, 0.1) is 11.4 Å². The topological polar surface area (TPSA) is 55.6 Å². The van der Waals surface area contributed by atoms with Gasteiger partial charge in [-0.25, -0.2) is 0 Å². The number of hydrogen-bond acceptors (Lipinski definition) is 4. The Morgan fingerprint density at radius 2 is 1.88 bits per heavy atom. The maximum absolute atomic E-state index is 5.91. The van der Waals surface area contributed by atoms with Gasteiger partial charge in [0.2, 0.25) is 0 Å². The third-order valence-corrected chi connectivity index (χ3v) is 3.09. The zero-order chi connectivity index (χ0) is 12.6. The fourth-order valence-electron chi connectivity index (χ4n) is 1.54. The van der Waals surface area contributed by atoms with Crippen molar-refractivity contribution < 1.29 is 0 Å². The second kappa shape index (κ2) is 4.33. The largest absolute Gasteiger partial charge is 0.336 e. The lowest BCUT2D eigenvalue weighted by molar-refractivity contribution is 0.756. The van der Waals surface area contributed by atoms with Crippen molar-refractivity contribution in [2.75, 3.05) is 5.32 Å². The van der Waals surface area contributed by atoms with E-state index in [9.17, 15) is 0 Å². The van der Waals surface area contributed by atoms with Gasteiger partial charge in [-0.15, -0.1) is 10.2 Å². The molecular formula is C11H14ClN5. The minimum Gasteiger partial charge on any atom is -0.336 e. The quantitative estimate of drug-likeness (QED) is 0.891. The summed E-state index contributed by atoms with van der Waals surface area (Å²) in [5.41, 5.74) is 3.77. The van der Waals surface area contributed by atoms with Gasteiger partial charge in [0.1, 0.15) is 0 Å². The van der Waals surface area contributed by atoms with Gasteiger partial charge in [-0.05, 0) is 31.9 Å². The third-order valence-electron chi connectivity index (χ3n) is 2.73. The van der Waals surface area contributed by atoms with E-state index < -0.39 is 0 Å². The maximum Gasteiger partial charge on any atom is 0.156 e. The van der Waals surface area contributed by atoms with Crippen LogP contribution in [0.5, 0.6) is 0 Å². The number of rotatable bonds is 2. The van der Waals surface area contributed by atoms with E-state index in [0.717, 1.165) is 22.5 Å². The highest BCUT2D eigenvalue weighted by atomic mass is 35.5. The highest BCUT2D eigenvalue weighted by Crippen LogP contribution is 2.24. The van der Waals surface area contributed by atoms with E-state index >= 15 is 0 Å². The Balaban J connectivity index is 2.37. The molecule has 0 saturated heterocycles. The van der Waals surface area contributed by atoms with Crippen molar-refractivity contribution in [2.24, 2.45) is 7.05 Å². The molecule has 6 heteroatoms. The molecule has 2 heterocycles. The fourth-order valence-corrected chi connectivity index (χ4v) is 1.72. The average molecular weight is 252 g/mol. The molecule has 0 bridgehead atoms. The summed E-state index contributed by atoms with van der Waals surface area (Å²) in [4.78, 5) is 0. The molecule has 2 rings (SSSR count). The molecule has 0 aliphatic heterocycles. The molecule has 0 unspecified atom stereocenters. The summed E-state index contributed by atoms with van der Waals surface area (Å²) in [6.07, 6.45) is 1.90. The van der Waals surface area contributed by atoms with Gasteiger partial charge in [-0.1, -0.05) is 11.6 Å². The second-order valence-corrected chi connectivity index (χ2v) is 4.37. The van der Waals surface area contributed by atoms with Crippen LogP contribution in [0.25, 0.3) is 0 Å². The van der Waals surface area contributed by atoms with E-state index in [4.69, 9.17) is 11.6 Å². The lowest BCUT2D eigenvalue weighted by atomic mass is 10.2. The Kier molecular flexibility index (Phi) is 3.02. The molecule has 0 amide bonds. The molecular weight excluding hydrogens is 238 g/mol. The lowest BCUT2D eigenvalue weighted by Gasteiger charge is -2.09. The molecule has 0 spiro atoms. The third kappa shape index (κ3) is 2.24. The minimum atomic E-state index is 0.441. The molecule has 90 valence electrons. The molecule has 2 aromatic rings. The predicted octanol–water partition coefficient (Wildman–Crippen LogP) is 2.53. The first kappa shape index (κ1) is 11.9. The second-order valence-electron chi connectivity index (χ2n) is 4.02. The molecule has 0 fully saturated rings. The van der Waals surface area contributed by atoms with Gasteiger partial charge in [-0.3, -0.25) is 4.68 Å². The van der Waals surface area contributed by atoms with Crippen molar-refractivity contribution in [1.82, 2.24) is 20.0 Å². The van der Waals surface area contributed by atoms with E-state index in [2.05, 4.69) is 20.6 Å². The zero-order valence-corrected chi connectivity index (χ0v) is 11.0. The summed E-state index contributed by atoms with van der Waals surface area (Å²) in [6.45, 7) is 5.82. The van der Waals surface area contributed by atoms with Gasteiger partial charge in [0.25, 0.3) is 0 Å². The summed E-state index contributed by atoms with van der Waals surface area (Å²) in [5, 5.41) is 15.9. The van der Waals surface area contributed by atoms with E-state index in [0.29, 0.717) is 11.0 Å². The molecule has 0 aliphatic carbocycles. The van der Waals surface area contributed by atoms with Crippen molar-refractivity contribution in [3.05, 3.63) is 28.2 Å². The standard InChI is InChI=1S/C11H14ClN5/c1-6-7(2)11(15-14-10(6)12)13-9-5-17(4)16-8(9)3/h5H,1-4H3,(H,13,15). The van der Waals surface area contributed by atoms with Gasteiger partial charge in [0, 0.05) is 13.2 Å². The molecule has 5 nitrogen and oxygen atoms in total. The molecule has 0 atom stereocenters. The molecule has 0 aliphatic rings. The number of nitrogens with one attached hydrogen (secondary N) is 1. The van der Waals surface area contributed by atoms with E-state index in [1.807, 2.05) is 34.0 Å². The summed E-state index contributed by atoms with van der Waals surface area (Å²) in [5.74, 6) is 0.711. The highest BCUT2D eigenvalue weighted by molar-refractivity contribution is 6.30. The number of halogens is 1. The van der Waals surface area contributed by atoms with Crippen molar-refractivity contribution in [2.45, 2.75) is 20.8 Å². The van der Waals surface area contributed by atoms with E-state index in [-0.39, 0.29) is 0 Å². The molecule has 0 aromatic carbocycles. The van der Waals surface area contributed by atoms with Crippen LogP contribution in [0.2, 0.25) is 5.15 Å². The lowest BCUT2D eigenvalue weighted by Crippen LogP contribution is -2.01. The average Bonchev–Trinajstić information content (AvgIpc) is 2.58. The summed E-state index contributed by atoms with van der Waals surface area (Å²) >= 11 is 5.91. The predicted molar refractivity (Wildman–Crippen MR) is 67.7 cm³/mol. The van der Waals surface area contributed by atoms with Crippen LogP contribution in [-0.2, 0) is 7.05 Å². The fraction of sp³-hybridized carbons (Fsp3) is 0.364. The van der Waals surface area contributed by atoms with Crippen molar-refractivity contribution >= 4 is 23.1 Å². The van der Waals surface area contributed by atoms with Crippen LogP contribution >= 0.6 is 11.6 Å². The normalized spacial score (nSPS) is 10.6. The van der Waals surface area contributed by atoms with Gasteiger partial charge < -0.3 is 5.32 Å². The number of aromatic nitrogens is 4. The van der Waals surface area contributed by atoms with Gasteiger partial charge >= 0.3 is 0 Å². The number of hydrogen-bond donors (Lipinski definition) is 1. The maximum atomic E-state index is 5.91. The Labute approximate surface area is 105 Å². The molecule has 17 heavy (non-hydrogen) atoms. The number of anilines is 2. The Morgan fingerprint density at radius 1 is 1.18 bits per heavy atom. The van der Waals surface area contributed by atoms with Crippen LogP contribution in [0.15, 0.2) is 6.20 Å². The molecule has 0 radical (unpaired) electrons. The summed E-state index contributed by atoms with van der Waals surface area (Å²) < 4.78 is 1.75. The van der Waals surface area contributed by atoms with Crippen LogP contribution in [0.1, 0.15) is 16.8 Å². The van der Waals surface area contributed by atoms with Crippen LogP contribution < -0.4 is 5.32 Å². The van der Waals surface area contributed by atoms with E-state index in [1.165, 1.54) is 0 Å².